The molecule has 4 aromatic rings. The zero-order chi connectivity index (χ0) is 48.5. The van der Waals surface area contributed by atoms with Crippen molar-refractivity contribution in [3.8, 4) is 11.3 Å². The number of likely N-dealkylation sites (tertiary alicyclic amines) is 3. The highest BCUT2D eigenvalue weighted by Crippen LogP contribution is 2.52. The molecule has 71 heavy (non-hydrogen) atoms. The number of nitrogens with one attached hydrogen (secondary N) is 2. The maximum atomic E-state index is 15.3. The van der Waals surface area contributed by atoms with Crippen LogP contribution in [0.2, 0.25) is 0 Å². The zero-order valence-electron chi connectivity index (χ0n) is 41.5. The van der Waals surface area contributed by atoms with Crippen LogP contribution in [0, 0.1) is 11.8 Å². The normalized spacial score (nSPS) is 26.3. The number of anilines is 3. The third-order valence-electron chi connectivity index (χ3n) is 17.7. The SMILES string of the molecule is CC(C)n1cnc2cc(-c3ccc4c(c3)N([C@H]3C[C@@H](N5CCCCC5)C3)C(=O)C43CCN(C(=O)[C@@H]4CCCN(C(=O)C5CCN(c6ccc(C7CCC(=O)NC7=O)cn6)CC5)C4)CC3)nc(NC3CC3)c21. The van der Waals surface area contributed by atoms with E-state index >= 15 is 4.79 Å². The van der Waals surface area contributed by atoms with E-state index in [0.717, 1.165) is 102 Å². The highest BCUT2D eigenvalue weighted by atomic mass is 16.2. The summed E-state index contributed by atoms with van der Waals surface area (Å²) in [4.78, 5) is 93.5. The largest absolute Gasteiger partial charge is 0.366 e. The molecule has 9 heterocycles. The lowest BCUT2D eigenvalue weighted by Gasteiger charge is -2.48. The molecule has 16 heteroatoms. The van der Waals surface area contributed by atoms with Crippen molar-refractivity contribution in [3.63, 3.8) is 0 Å². The lowest BCUT2D eigenvalue weighted by molar-refractivity contribution is -0.145. The molecule has 1 spiro atoms. The number of benzene rings is 1. The first kappa shape index (κ1) is 46.2. The summed E-state index contributed by atoms with van der Waals surface area (Å²) >= 11 is 0. The van der Waals surface area contributed by atoms with E-state index in [-0.39, 0.29) is 59.4 Å². The second-order valence-electron chi connectivity index (χ2n) is 22.4. The number of imide groups is 1. The number of carbonyl (C=O) groups excluding carboxylic acids is 5. The van der Waals surface area contributed by atoms with E-state index < -0.39 is 5.41 Å². The molecular weight excluding hydrogens is 895 g/mol. The fourth-order valence-corrected chi connectivity index (χ4v) is 13.2. The molecule has 2 atom stereocenters. The Morgan fingerprint density at radius 1 is 0.775 bits per heavy atom. The number of hydrogen-bond acceptors (Lipinski definition) is 11. The van der Waals surface area contributed by atoms with Crippen LogP contribution in [0.25, 0.3) is 22.3 Å². The minimum atomic E-state index is -0.693. The lowest BCUT2D eigenvalue weighted by Crippen LogP contribution is -2.58. The van der Waals surface area contributed by atoms with Gasteiger partial charge in [-0.15, -0.1) is 0 Å². The number of fused-ring (bicyclic) bond motifs is 3. The molecule has 2 N–H and O–H groups in total. The summed E-state index contributed by atoms with van der Waals surface area (Å²) in [5.41, 5.74) is 5.98. The number of aromatic nitrogens is 4. The van der Waals surface area contributed by atoms with Gasteiger partial charge in [-0.05, 0) is 140 Å². The van der Waals surface area contributed by atoms with E-state index in [1.165, 1.54) is 19.3 Å². The summed E-state index contributed by atoms with van der Waals surface area (Å²) in [6.45, 7) is 10.2. The maximum Gasteiger partial charge on any atom is 0.238 e. The number of rotatable bonds is 10. The molecule has 6 aliphatic heterocycles. The Labute approximate surface area is 416 Å². The molecule has 5 saturated heterocycles. The highest BCUT2D eigenvalue weighted by Gasteiger charge is 2.56. The fourth-order valence-electron chi connectivity index (χ4n) is 13.2. The smallest absolute Gasteiger partial charge is 0.238 e. The van der Waals surface area contributed by atoms with Crippen molar-refractivity contribution in [3.05, 3.63) is 60.0 Å². The van der Waals surface area contributed by atoms with Crippen molar-refractivity contribution in [2.45, 2.75) is 146 Å². The average molecular weight is 964 g/mol. The molecule has 3 aromatic heterocycles. The van der Waals surface area contributed by atoms with Gasteiger partial charge in [0.1, 0.15) is 11.3 Å². The molecule has 1 unspecified atom stereocenters. The number of carbonyl (C=O) groups is 5. The second kappa shape index (κ2) is 18.6. The van der Waals surface area contributed by atoms with Crippen molar-refractivity contribution in [2.75, 3.05) is 67.5 Å². The van der Waals surface area contributed by atoms with Gasteiger partial charge in [0.15, 0.2) is 5.82 Å². The Bertz CT molecular complexity index is 2720. The van der Waals surface area contributed by atoms with E-state index in [9.17, 15) is 19.2 Å². The minimum Gasteiger partial charge on any atom is -0.366 e. The minimum absolute atomic E-state index is 0.107. The summed E-state index contributed by atoms with van der Waals surface area (Å²) < 4.78 is 2.20. The number of nitrogens with zero attached hydrogens (tertiary/aromatic N) is 9. The van der Waals surface area contributed by atoms with Gasteiger partial charge in [0, 0.05) is 93.2 Å². The quantitative estimate of drug-likeness (QED) is 0.166. The summed E-state index contributed by atoms with van der Waals surface area (Å²) in [6.07, 6.45) is 16.7. The van der Waals surface area contributed by atoms with Crippen LogP contribution in [0.4, 0.5) is 17.3 Å². The number of pyridine rings is 2. The number of imidazole rings is 1. The third-order valence-corrected chi connectivity index (χ3v) is 17.7. The van der Waals surface area contributed by atoms with Crippen molar-refractivity contribution in [1.29, 1.82) is 0 Å². The Kier molecular flexibility index (Phi) is 12.1. The van der Waals surface area contributed by atoms with Crippen LogP contribution >= 0.6 is 0 Å². The summed E-state index contributed by atoms with van der Waals surface area (Å²) in [6, 6.07) is 13.8. The molecule has 2 aliphatic carbocycles. The molecule has 0 radical (unpaired) electrons. The van der Waals surface area contributed by atoms with Gasteiger partial charge in [-0.1, -0.05) is 24.6 Å². The Morgan fingerprint density at radius 3 is 2.27 bits per heavy atom. The van der Waals surface area contributed by atoms with E-state index in [1.807, 2.05) is 28.3 Å². The standard InChI is InChI=1S/C55H69N11O5/c1-34(2)65-33-57-45-30-44(59-50(49(45)65)58-39-10-11-39)36-8-13-43-46(27-36)66(41-28-40(29-41)61-20-4-3-5-21-61)54(71)55(43)18-25-63(26-19-55)53(70)38-7-6-22-64(32-38)52(69)35-16-23-62(24-17-35)47-14-9-37(31-56-47)42-12-15-48(67)60-51(42)68/h8-9,13-14,27,30-31,33-35,38-42H,3-7,10-12,15-26,28-29,32H2,1-2H3,(H,58,59)(H,60,67,68)/t38-,40-,41+,42?/m1/s1. The van der Waals surface area contributed by atoms with Gasteiger partial charge in [0.25, 0.3) is 0 Å². The molecule has 7 fully saturated rings. The first-order chi connectivity index (χ1) is 34.5. The molecule has 374 valence electrons. The highest BCUT2D eigenvalue weighted by molar-refractivity contribution is 6.09. The van der Waals surface area contributed by atoms with Gasteiger partial charge in [-0.3, -0.25) is 29.3 Å². The molecule has 12 rings (SSSR count). The van der Waals surface area contributed by atoms with Crippen molar-refractivity contribution in [1.82, 2.24) is 39.5 Å². The molecule has 1 aromatic carbocycles. The van der Waals surface area contributed by atoms with Gasteiger partial charge >= 0.3 is 0 Å². The van der Waals surface area contributed by atoms with Crippen molar-refractivity contribution in [2.24, 2.45) is 11.8 Å². The second-order valence-corrected chi connectivity index (χ2v) is 22.4. The average Bonchev–Trinajstić information content (AvgIpc) is 4.05. The monoisotopic (exact) mass is 964 g/mol. The topological polar surface area (TPSA) is 169 Å². The molecule has 5 amide bonds. The van der Waals surface area contributed by atoms with Crippen LogP contribution < -0.4 is 20.4 Å². The summed E-state index contributed by atoms with van der Waals surface area (Å²) in [7, 11) is 0. The third kappa shape index (κ3) is 8.54. The summed E-state index contributed by atoms with van der Waals surface area (Å²) in [5, 5.41) is 6.13. The van der Waals surface area contributed by atoms with Gasteiger partial charge in [-0.25, -0.2) is 15.0 Å². The first-order valence-corrected chi connectivity index (χ1v) is 27.0. The number of amides is 5. The van der Waals surface area contributed by atoms with Crippen LogP contribution in [0.5, 0.6) is 0 Å². The number of hydrogen-bond donors (Lipinski definition) is 2. The van der Waals surface area contributed by atoms with Crippen LogP contribution in [0.15, 0.2) is 48.9 Å². The maximum absolute atomic E-state index is 15.3. The number of piperidine rings is 5. The molecular formula is C55H69N11O5. The fraction of sp³-hybridized carbons (Fsp3) is 0.600. The van der Waals surface area contributed by atoms with E-state index in [4.69, 9.17) is 9.97 Å². The summed E-state index contributed by atoms with van der Waals surface area (Å²) in [5.74, 6) is 0.897. The first-order valence-electron chi connectivity index (χ1n) is 27.0. The van der Waals surface area contributed by atoms with Gasteiger partial charge in [0.05, 0.1) is 34.8 Å². The van der Waals surface area contributed by atoms with Crippen LogP contribution in [-0.2, 0) is 29.4 Å². The predicted octanol–water partition coefficient (Wildman–Crippen LogP) is 6.55. The van der Waals surface area contributed by atoms with Crippen LogP contribution in [0.1, 0.15) is 133 Å². The predicted molar refractivity (Wildman–Crippen MR) is 271 cm³/mol. The molecule has 16 nitrogen and oxygen atoms in total. The Balaban J connectivity index is 0.719. The van der Waals surface area contributed by atoms with Crippen molar-refractivity contribution < 1.29 is 24.0 Å². The van der Waals surface area contributed by atoms with Crippen LogP contribution in [-0.4, -0.2) is 134 Å². The van der Waals surface area contributed by atoms with Gasteiger partial charge < -0.3 is 34.4 Å². The van der Waals surface area contributed by atoms with Gasteiger partial charge in [0.2, 0.25) is 29.5 Å². The Morgan fingerprint density at radius 2 is 1.55 bits per heavy atom. The lowest BCUT2D eigenvalue weighted by atomic mass is 9.73. The molecule has 2 saturated carbocycles. The Hall–Kier alpha value is -5.90. The molecule has 8 aliphatic rings. The zero-order valence-corrected chi connectivity index (χ0v) is 41.5. The van der Waals surface area contributed by atoms with E-state index in [1.54, 1.807) is 6.20 Å². The van der Waals surface area contributed by atoms with E-state index in [2.05, 4.69) is 73.0 Å². The molecule has 0 bridgehead atoms. The van der Waals surface area contributed by atoms with Crippen molar-refractivity contribution >= 4 is 57.9 Å². The van der Waals surface area contributed by atoms with E-state index in [0.29, 0.717) is 89.9 Å². The van der Waals surface area contributed by atoms with Crippen LogP contribution in [0.3, 0.4) is 0 Å². The van der Waals surface area contributed by atoms with Gasteiger partial charge in [-0.2, -0.15) is 0 Å².